The van der Waals surface area contributed by atoms with Crippen LogP contribution in [0.2, 0.25) is 0 Å². The van der Waals surface area contributed by atoms with Crippen LogP contribution in [0, 0.1) is 0 Å². The van der Waals surface area contributed by atoms with Crippen molar-refractivity contribution in [2.24, 2.45) is 0 Å². The molecule has 3 aromatic carbocycles. The Kier molecular flexibility index (Phi) is 5.75. The number of nitrogens with zero attached hydrogens (tertiary/aromatic N) is 1. The van der Waals surface area contributed by atoms with Gasteiger partial charge in [0.2, 0.25) is 0 Å². The van der Waals surface area contributed by atoms with Crippen LogP contribution in [0.15, 0.2) is 60.7 Å². The maximum absolute atomic E-state index is 13.0. The SMILES string of the molecule is O=C(O)CC1CCc2cc(OCc3cccc4c3CN(c3ccc(C(F)(F)F)cc3)C4=O)ccc21. The van der Waals surface area contributed by atoms with E-state index in [0.29, 0.717) is 17.0 Å². The largest absolute Gasteiger partial charge is 0.489 e. The summed E-state index contributed by atoms with van der Waals surface area (Å²) in [4.78, 5) is 25.5. The molecule has 0 bridgehead atoms. The van der Waals surface area contributed by atoms with E-state index in [0.717, 1.165) is 47.2 Å². The average Bonchev–Trinajstić information content (AvgIpc) is 3.37. The second kappa shape index (κ2) is 8.76. The first kappa shape index (κ1) is 23.0. The van der Waals surface area contributed by atoms with Gasteiger partial charge in [-0.25, -0.2) is 0 Å². The summed E-state index contributed by atoms with van der Waals surface area (Å²) in [5.74, 6) is -0.373. The zero-order valence-corrected chi connectivity index (χ0v) is 18.6. The van der Waals surface area contributed by atoms with E-state index < -0.39 is 17.7 Å². The summed E-state index contributed by atoms with van der Waals surface area (Å²) >= 11 is 0. The molecule has 0 aromatic heterocycles. The molecule has 180 valence electrons. The van der Waals surface area contributed by atoms with Gasteiger partial charge in [0.1, 0.15) is 12.4 Å². The Bertz CT molecular complexity index is 1300. The molecular weight excluding hydrogens is 459 g/mol. The van der Waals surface area contributed by atoms with E-state index in [1.165, 1.54) is 17.0 Å². The summed E-state index contributed by atoms with van der Waals surface area (Å²) in [5, 5.41) is 9.10. The average molecular weight is 481 g/mol. The van der Waals surface area contributed by atoms with Crippen molar-refractivity contribution >= 4 is 17.6 Å². The number of rotatable bonds is 6. The lowest BCUT2D eigenvalue weighted by molar-refractivity contribution is -0.138. The fourth-order valence-corrected chi connectivity index (χ4v) is 4.93. The smallest absolute Gasteiger partial charge is 0.416 e. The third-order valence-corrected chi connectivity index (χ3v) is 6.70. The van der Waals surface area contributed by atoms with Crippen LogP contribution in [0.3, 0.4) is 0 Å². The van der Waals surface area contributed by atoms with Gasteiger partial charge in [-0.1, -0.05) is 18.2 Å². The van der Waals surface area contributed by atoms with Crippen molar-refractivity contribution in [3.8, 4) is 5.75 Å². The first-order valence-corrected chi connectivity index (χ1v) is 11.3. The number of alkyl halides is 3. The zero-order valence-electron chi connectivity index (χ0n) is 18.6. The van der Waals surface area contributed by atoms with Crippen molar-refractivity contribution in [3.05, 3.63) is 94.0 Å². The Morgan fingerprint density at radius 1 is 1.09 bits per heavy atom. The van der Waals surface area contributed by atoms with E-state index in [1.807, 2.05) is 24.3 Å². The number of carbonyl (C=O) groups is 2. The Morgan fingerprint density at radius 3 is 2.57 bits per heavy atom. The molecule has 0 saturated carbocycles. The van der Waals surface area contributed by atoms with Crippen molar-refractivity contribution in [2.75, 3.05) is 4.90 Å². The normalized spacial score (nSPS) is 16.8. The first-order valence-electron chi connectivity index (χ1n) is 11.3. The van der Waals surface area contributed by atoms with Gasteiger partial charge in [-0.3, -0.25) is 9.59 Å². The van der Waals surface area contributed by atoms with Crippen molar-refractivity contribution in [1.82, 2.24) is 0 Å². The number of carboxylic acids is 1. The molecule has 0 saturated heterocycles. The molecule has 1 heterocycles. The highest BCUT2D eigenvalue weighted by molar-refractivity contribution is 6.10. The monoisotopic (exact) mass is 481 g/mol. The predicted molar refractivity (Wildman–Crippen MR) is 122 cm³/mol. The molecular formula is C27H22F3NO4. The van der Waals surface area contributed by atoms with Gasteiger partial charge in [0.05, 0.1) is 18.5 Å². The number of aliphatic carboxylic acids is 1. The number of carboxylic acid groups (broad SMARTS) is 1. The molecule has 8 heteroatoms. The molecule has 3 aromatic rings. The number of amides is 1. The zero-order chi connectivity index (χ0) is 24.7. The van der Waals surface area contributed by atoms with Crippen LogP contribution < -0.4 is 9.64 Å². The van der Waals surface area contributed by atoms with Gasteiger partial charge in [-0.05, 0) is 83.5 Å². The maximum atomic E-state index is 13.0. The van der Waals surface area contributed by atoms with E-state index in [4.69, 9.17) is 9.84 Å². The molecule has 1 atom stereocenters. The van der Waals surface area contributed by atoms with Gasteiger partial charge in [0, 0.05) is 11.3 Å². The molecule has 0 fully saturated rings. The summed E-state index contributed by atoms with van der Waals surface area (Å²) < 4.78 is 44.7. The van der Waals surface area contributed by atoms with E-state index in [-0.39, 0.29) is 31.4 Å². The summed E-state index contributed by atoms with van der Waals surface area (Å²) in [6, 6.07) is 15.6. The number of halogens is 3. The van der Waals surface area contributed by atoms with Crippen molar-refractivity contribution in [2.45, 2.75) is 44.5 Å². The number of fused-ring (bicyclic) bond motifs is 2. The maximum Gasteiger partial charge on any atom is 0.416 e. The molecule has 1 aliphatic heterocycles. The van der Waals surface area contributed by atoms with E-state index in [2.05, 4.69) is 0 Å². The molecule has 5 nitrogen and oxygen atoms in total. The van der Waals surface area contributed by atoms with Crippen molar-refractivity contribution < 1.29 is 32.6 Å². The van der Waals surface area contributed by atoms with E-state index in [1.54, 1.807) is 12.1 Å². The minimum absolute atomic E-state index is 0.0242. The topological polar surface area (TPSA) is 66.8 Å². The lowest BCUT2D eigenvalue weighted by atomic mass is 9.98. The molecule has 1 amide bonds. The van der Waals surface area contributed by atoms with Crippen LogP contribution in [0.5, 0.6) is 5.75 Å². The van der Waals surface area contributed by atoms with Crippen LogP contribution in [0.1, 0.15) is 56.9 Å². The number of anilines is 1. The van der Waals surface area contributed by atoms with E-state index in [9.17, 15) is 22.8 Å². The fourth-order valence-electron chi connectivity index (χ4n) is 4.93. The summed E-state index contributed by atoms with van der Waals surface area (Å²) in [6.45, 7) is 0.481. The van der Waals surface area contributed by atoms with Crippen LogP contribution in [-0.4, -0.2) is 17.0 Å². The predicted octanol–water partition coefficient (Wildman–Crippen LogP) is 5.95. The van der Waals surface area contributed by atoms with Gasteiger partial charge in [0.25, 0.3) is 5.91 Å². The van der Waals surface area contributed by atoms with Crippen molar-refractivity contribution in [1.29, 1.82) is 0 Å². The van der Waals surface area contributed by atoms with Crippen LogP contribution in [0.4, 0.5) is 18.9 Å². The second-order valence-electron chi connectivity index (χ2n) is 8.86. The lowest BCUT2D eigenvalue weighted by Gasteiger charge is -2.17. The second-order valence-corrected chi connectivity index (χ2v) is 8.86. The molecule has 0 spiro atoms. The molecule has 0 radical (unpaired) electrons. The lowest BCUT2D eigenvalue weighted by Crippen LogP contribution is -2.23. The number of hydrogen-bond donors (Lipinski definition) is 1. The highest BCUT2D eigenvalue weighted by atomic mass is 19.4. The van der Waals surface area contributed by atoms with Gasteiger partial charge < -0.3 is 14.7 Å². The van der Waals surface area contributed by atoms with Crippen LogP contribution >= 0.6 is 0 Å². The quantitative estimate of drug-likeness (QED) is 0.473. The van der Waals surface area contributed by atoms with Gasteiger partial charge in [0.15, 0.2) is 0 Å². The Morgan fingerprint density at radius 2 is 1.86 bits per heavy atom. The van der Waals surface area contributed by atoms with Gasteiger partial charge in [-0.2, -0.15) is 13.2 Å². The summed E-state index contributed by atoms with van der Waals surface area (Å²) in [5.41, 5.74) is 3.92. The molecule has 35 heavy (non-hydrogen) atoms. The highest BCUT2D eigenvalue weighted by Crippen LogP contribution is 2.38. The van der Waals surface area contributed by atoms with Crippen LogP contribution in [-0.2, 0) is 30.5 Å². The van der Waals surface area contributed by atoms with E-state index >= 15 is 0 Å². The minimum Gasteiger partial charge on any atom is -0.489 e. The highest BCUT2D eigenvalue weighted by Gasteiger charge is 2.33. The van der Waals surface area contributed by atoms with Gasteiger partial charge >= 0.3 is 12.1 Å². The van der Waals surface area contributed by atoms with Crippen molar-refractivity contribution in [3.63, 3.8) is 0 Å². The fraction of sp³-hybridized carbons (Fsp3) is 0.259. The Hall–Kier alpha value is -3.81. The molecule has 1 aliphatic carbocycles. The van der Waals surface area contributed by atoms with Crippen LogP contribution in [0.25, 0.3) is 0 Å². The summed E-state index contributed by atoms with van der Waals surface area (Å²) in [7, 11) is 0. The number of aryl methyl sites for hydroxylation is 1. The minimum atomic E-state index is -4.43. The standard InChI is InChI=1S/C27H22F3NO4/c28-27(29,30)19-6-8-20(9-7-19)31-14-24-18(2-1-3-23(24)26(31)34)15-35-21-10-11-22-16(12-21)4-5-17(22)13-25(32)33/h1-3,6-12,17H,4-5,13-15H2,(H,32,33). The summed E-state index contributed by atoms with van der Waals surface area (Å²) in [6.07, 6.45) is -2.70. The first-order chi connectivity index (χ1) is 16.7. The number of hydrogen-bond acceptors (Lipinski definition) is 3. The molecule has 2 aliphatic rings. The Balaban J connectivity index is 1.31. The molecule has 1 unspecified atom stereocenters. The third-order valence-electron chi connectivity index (χ3n) is 6.70. The Labute approximate surface area is 199 Å². The number of benzene rings is 3. The number of carbonyl (C=O) groups excluding carboxylic acids is 1. The molecule has 5 rings (SSSR count). The third kappa shape index (κ3) is 4.48. The number of ether oxygens (including phenoxy) is 1. The van der Waals surface area contributed by atoms with Gasteiger partial charge in [-0.15, -0.1) is 0 Å². The molecule has 1 N–H and O–H groups in total.